The molecule has 104 valence electrons. The number of hydrogen-bond donors (Lipinski definition) is 1. The fraction of sp³-hybridized carbons (Fsp3) is 0.200. The quantitative estimate of drug-likeness (QED) is 0.852. The first-order valence-electron chi connectivity index (χ1n) is 6.30. The van der Waals surface area contributed by atoms with Gasteiger partial charge in [0.1, 0.15) is 5.82 Å². The molecule has 1 aromatic heterocycles. The van der Waals surface area contributed by atoms with Gasteiger partial charge in [0.25, 0.3) is 0 Å². The number of hydrogen-bond acceptors (Lipinski definition) is 4. The lowest BCUT2D eigenvalue weighted by molar-refractivity contribution is -0.144. The third-order valence-corrected chi connectivity index (χ3v) is 2.71. The number of carbonyl (C=O) groups excluding carboxylic acids is 1. The molecule has 0 saturated carbocycles. The van der Waals surface area contributed by atoms with E-state index in [1.165, 1.54) is 6.07 Å². The van der Waals surface area contributed by atoms with E-state index in [0.717, 1.165) is 0 Å². The van der Waals surface area contributed by atoms with Crippen molar-refractivity contribution < 1.29 is 13.9 Å². The predicted molar refractivity (Wildman–Crippen MR) is 73.6 cm³/mol. The van der Waals surface area contributed by atoms with Crippen LogP contribution in [-0.2, 0) is 9.53 Å². The molecule has 0 aliphatic heterocycles. The number of rotatable bonds is 5. The maximum Gasteiger partial charge on any atom is 0.333 e. The number of carbonyl (C=O) groups is 1. The van der Waals surface area contributed by atoms with Gasteiger partial charge in [0, 0.05) is 18.0 Å². The van der Waals surface area contributed by atoms with Gasteiger partial charge in [0.2, 0.25) is 0 Å². The van der Waals surface area contributed by atoms with Crippen LogP contribution in [0.5, 0.6) is 0 Å². The summed E-state index contributed by atoms with van der Waals surface area (Å²) in [6, 6.07) is 8.83. The fourth-order valence-electron chi connectivity index (χ4n) is 1.78. The van der Waals surface area contributed by atoms with E-state index >= 15 is 0 Å². The van der Waals surface area contributed by atoms with Crippen molar-refractivity contribution in [3.8, 4) is 0 Å². The van der Waals surface area contributed by atoms with Crippen LogP contribution in [-0.4, -0.2) is 17.6 Å². The molecule has 20 heavy (non-hydrogen) atoms. The van der Waals surface area contributed by atoms with Gasteiger partial charge in [0.05, 0.1) is 12.3 Å². The molecule has 1 aromatic carbocycles. The minimum atomic E-state index is -0.791. The molecule has 2 rings (SSSR count). The highest BCUT2D eigenvalue weighted by Gasteiger charge is 2.22. The Kier molecular flexibility index (Phi) is 4.65. The molecule has 4 nitrogen and oxygen atoms in total. The van der Waals surface area contributed by atoms with Gasteiger partial charge in [-0.15, -0.1) is 0 Å². The number of pyridine rings is 1. The number of esters is 1. The first-order chi connectivity index (χ1) is 9.72. The number of aromatic nitrogens is 1. The van der Waals surface area contributed by atoms with E-state index in [0.29, 0.717) is 5.56 Å². The van der Waals surface area contributed by atoms with Crippen molar-refractivity contribution in [2.45, 2.75) is 13.0 Å². The summed E-state index contributed by atoms with van der Waals surface area (Å²) in [5, 5.41) is 2.86. The normalized spacial score (nSPS) is 11.7. The Bertz CT molecular complexity index is 575. The topological polar surface area (TPSA) is 51.2 Å². The minimum absolute atomic E-state index is 0.245. The van der Waals surface area contributed by atoms with Crippen molar-refractivity contribution in [3.05, 3.63) is 60.2 Å². The van der Waals surface area contributed by atoms with Gasteiger partial charge in [-0.2, -0.15) is 0 Å². The molecule has 1 unspecified atom stereocenters. The summed E-state index contributed by atoms with van der Waals surface area (Å²) in [6.45, 7) is 1.98. The van der Waals surface area contributed by atoms with Crippen molar-refractivity contribution in [3.63, 3.8) is 0 Å². The Morgan fingerprint density at radius 1 is 1.35 bits per heavy atom. The molecule has 0 radical (unpaired) electrons. The minimum Gasteiger partial charge on any atom is -0.464 e. The van der Waals surface area contributed by atoms with Crippen molar-refractivity contribution >= 4 is 11.7 Å². The molecule has 0 fully saturated rings. The van der Waals surface area contributed by atoms with Crippen LogP contribution in [0.2, 0.25) is 0 Å². The monoisotopic (exact) mass is 274 g/mol. The highest BCUT2D eigenvalue weighted by atomic mass is 19.1. The van der Waals surface area contributed by atoms with Crippen LogP contribution in [0.1, 0.15) is 18.5 Å². The second-order valence-corrected chi connectivity index (χ2v) is 4.10. The molecular formula is C15H15FN2O2. The van der Waals surface area contributed by atoms with Crippen LogP contribution in [0.3, 0.4) is 0 Å². The molecule has 0 aliphatic rings. The van der Waals surface area contributed by atoms with Crippen molar-refractivity contribution in [1.82, 2.24) is 4.98 Å². The summed E-state index contributed by atoms with van der Waals surface area (Å²) in [7, 11) is 0. The van der Waals surface area contributed by atoms with Crippen LogP contribution in [0.15, 0.2) is 48.8 Å². The van der Waals surface area contributed by atoms with Crippen LogP contribution < -0.4 is 5.32 Å². The summed E-state index contributed by atoms with van der Waals surface area (Å²) >= 11 is 0. The van der Waals surface area contributed by atoms with Gasteiger partial charge < -0.3 is 10.1 Å². The maximum atomic E-state index is 13.7. The van der Waals surface area contributed by atoms with E-state index in [9.17, 15) is 9.18 Å². The maximum absolute atomic E-state index is 13.7. The van der Waals surface area contributed by atoms with E-state index in [1.807, 2.05) is 0 Å². The van der Waals surface area contributed by atoms with Gasteiger partial charge in [-0.3, -0.25) is 4.98 Å². The average molecular weight is 274 g/mol. The lowest BCUT2D eigenvalue weighted by Crippen LogP contribution is -2.24. The number of nitrogens with one attached hydrogen (secondary N) is 1. The number of para-hydroxylation sites is 1. The summed E-state index contributed by atoms with van der Waals surface area (Å²) in [4.78, 5) is 16.0. The van der Waals surface area contributed by atoms with Gasteiger partial charge in [-0.1, -0.05) is 18.2 Å². The van der Waals surface area contributed by atoms with E-state index in [2.05, 4.69) is 10.3 Å². The molecule has 1 N–H and O–H groups in total. The Hall–Kier alpha value is -2.43. The fourth-order valence-corrected chi connectivity index (χ4v) is 1.78. The summed E-state index contributed by atoms with van der Waals surface area (Å²) in [6.07, 6.45) is 3.16. The zero-order valence-electron chi connectivity index (χ0n) is 11.0. The third-order valence-electron chi connectivity index (χ3n) is 2.71. The molecule has 0 bridgehead atoms. The molecular weight excluding hydrogens is 259 g/mol. The van der Waals surface area contributed by atoms with Crippen LogP contribution in [0.25, 0.3) is 0 Å². The number of anilines is 1. The first-order valence-corrected chi connectivity index (χ1v) is 6.30. The Morgan fingerprint density at radius 2 is 2.15 bits per heavy atom. The molecule has 0 saturated heterocycles. The molecule has 2 aromatic rings. The summed E-state index contributed by atoms with van der Waals surface area (Å²) in [5.74, 6) is -0.894. The average Bonchev–Trinajstić information content (AvgIpc) is 2.47. The highest BCUT2D eigenvalue weighted by molar-refractivity contribution is 5.81. The molecule has 0 spiro atoms. The molecule has 0 aliphatic carbocycles. The highest BCUT2D eigenvalue weighted by Crippen LogP contribution is 2.22. The molecule has 0 amide bonds. The second kappa shape index (κ2) is 6.65. The lowest BCUT2D eigenvalue weighted by atomic mass is 10.1. The Morgan fingerprint density at radius 3 is 2.80 bits per heavy atom. The number of ether oxygens (including phenoxy) is 1. The van der Waals surface area contributed by atoms with Crippen LogP contribution in [0, 0.1) is 5.82 Å². The number of halogens is 1. The largest absolute Gasteiger partial charge is 0.464 e. The SMILES string of the molecule is CCOC(=O)C(Nc1ccccc1F)c1cccnc1. The van der Waals surface area contributed by atoms with Gasteiger partial charge in [-0.05, 0) is 25.1 Å². The van der Waals surface area contributed by atoms with E-state index in [-0.39, 0.29) is 12.3 Å². The van der Waals surface area contributed by atoms with Gasteiger partial charge in [0.15, 0.2) is 6.04 Å². The smallest absolute Gasteiger partial charge is 0.333 e. The van der Waals surface area contributed by atoms with E-state index < -0.39 is 17.8 Å². The molecule has 1 heterocycles. The summed E-state index contributed by atoms with van der Waals surface area (Å²) < 4.78 is 18.7. The Balaban J connectivity index is 2.28. The predicted octanol–water partition coefficient (Wildman–Crippen LogP) is 2.94. The second-order valence-electron chi connectivity index (χ2n) is 4.10. The zero-order chi connectivity index (χ0) is 14.4. The third kappa shape index (κ3) is 3.32. The molecule has 1 atom stereocenters. The number of benzene rings is 1. The Labute approximate surface area is 116 Å². The van der Waals surface area contributed by atoms with Gasteiger partial charge in [-0.25, -0.2) is 9.18 Å². The number of nitrogens with zero attached hydrogens (tertiary/aromatic N) is 1. The van der Waals surface area contributed by atoms with Crippen molar-refractivity contribution in [2.24, 2.45) is 0 Å². The standard InChI is InChI=1S/C15H15FN2O2/c1-2-20-15(19)14(11-6-5-9-17-10-11)18-13-8-4-3-7-12(13)16/h3-10,14,18H,2H2,1H3. The van der Waals surface area contributed by atoms with Crippen molar-refractivity contribution in [2.75, 3.05) is 11.9 Å². The zero-order valence-corrected chi connectivity index (χ0v) is 11.0. The van der Waals surface area contributed by atoms with E-state index in [1.54, 1.807) is 49.6 Å². The molecule has 5 heteroatoms. The van der Waals surface area contributed by atoms with Crippen molar-refractivity contribution in [1.29, 1.82) is 0 Å². The van der Waals surface area contributed by atoms with Crippen LogP contribution in [0.4, 0.5) is 10.1 Å². The lowest BCUT2D eigenvalue weighted by Gasteiger charge is -2.18. The van der Waals surface area contributed by atoms with E-state index in [4.69, 9.17) is 4.74 Å². The van der Waals surface area contributed by atoms with Gasteiger partial charge >= 0.3 is 5.97 Å². The summed E-state index contributed by atoms with van der Waals surface area (Å²) in [5.41, 5.74) is 0.864. The first kappa shape index (κ1) is 14.0. The van der Waals surface area contributed by atoms with Crippen LogP contribution >= 0.6 is 0 Å².